The fraction of sp³-hybridized carbons (Fsp3) is 0.500. The van der Waals surface area contributed by atoms with Gasteiger partial charge in [-0.25, -0.2) is 4.98 Å². The Labute approximate surface area is 115 Å². The maximum absolute atomic E-state index is 11.8. The first-order valence-corrected chi connectivity index (χ1v) is 6.82. The normalized spacial score (nSPS) is 17.7. The number of nitrogens with two attached hydrogens (primary N) is 1. The van der Waals surface area contributed by atoms with Crippen LogP contribution in [-0.4, -0.2) is 41.5 Å². The van der Waals surface area contributed by atoms with Gasteiger partial charge < -0.3 is 11.1 Å². The van der Waals surface area contributed by atoms with Gasteiger partial charge in [0.2, 0.25) is 5.91 Å². The summed E-state index contributed by atoms with van der Waals surface area (Å²) >= 11 is 3.30. The lowest BCUT2D eigenvalue weighted by Gasteiger charge is -2.29. The van der Waals surface area contributed by atoms with Gasteiger partial charge in [-0.3, -0.25) is 9.69 Å². The predicted octanol–water partition coefficient (Wildman–Crippen LogP) is 1.21. The Morgan fingerprint density at radius 1 is 1.50 bits per heavy atom. The van der Waals surface area contributed by atoms with E-state index in [9.17, 15) is 4.79 Å². The Balaban J connectivity index is 1.80. The first-order valence-electron chi connectivity index (χ1n) is 6.03. The van der Waals surface area contributed by atoms with Crippen LogP contribution in [0.25, 0.3) is 0 Å². The number of amides is 1. The van der Waals surface area contributed by atoms with E-state index in [0.29, 0.717) is 12.4 Å². The fourth-order valence-corrected chi connectivity index (χ4v) is 2.18. The summed E-state index contributed by atoms with van der Waals surface area (Å²) in [6.45, 7) is 2.19. The third-order valence-corrected chi connectivity index (χ3v) is 3.46. The fourth-order valence-electron chi connectivity index (χ4n) is 1.95. The molecule has 0 unspecified atom stereocenters. The van der Waals surface area contributed by atoms with Crippen molar-refractivity contribution in [2.75, 3.05) is 25.0 Å². The molecule has 1 saturated heterocycles. The van der Waals surface area contributed by atoms with Gasteiger partial charge in [0.1, 0.15) is 5.82 Å². The molecule has 2 rings (SSSR count). The zero-order valence-electron chi connectivity index (χ0n) is 10.1. The van der Waals surface area contributed by atoms with Crippen molar-refractivity contribution < 1.29 is 4.79 Å². The molecule has 5 nitrogen and oxygen atoms in total. The van der Waals surface area contributed by atoms with E-state index >= 15 is 0 Å². The maximum atomic E-state index is 11.8. The lowest BCUT2D eigenvalue weighted by Crippen LogP contribution is -2.43. The van der Waals surface area contributed by atoms with E-state index in [2.05, 4.69) is 31.1 Å². The number of rotatable bonds is 3. The lowest BCUT2D eigenvalue weighted by atomic mass is 10.1. The van der Waals surface area contributed by atoms with Gasteiger partial charge in [0.25, 0.3) is 0 Å². The van der Waals surface area contributed by atoms with Crippen LogP contribution >= 0.6 is 15.9 Å². The quantitative estimate of drug-likeness (QED) is 0.880. The van der Waals surface area contributed by atoms with Gasteiger partial charge in [-0.1, -0.05) is 0 Å². The molecular formula is C12H17BrN4O. The van der Waals surface area contributed by atoms with Crippen LogP contribution in [0.5, 0.6) is 0 Å². The van der Waals surface area contributed by atoms with Gasteiger partial charge in [0.05, 0.1) is 6.54 Å². The summed E-state index contributed by atoms with van der Waals surface area (Å²) in [5, 5.41) is 2.78. The van der Waals surface area contributed by atoms with Crippen molar-refractivity contribution in [3.63, 3.8) is 0 Å². The van der Waals surface area contributed by atoms with Gasteiger partial charge in [-0.2, -0.15) is 0 Å². The van der Waals surface area contributed by atoms with Gasteiger partial charge in [-0.15, -0.1) is 0 Å². The second-order valence-corrected chi connectivity index (χ2v) is 5.44. The molecular weight excluding hydrogens is 296 g/mol. The Kier molecular flexibility index (Phi) is 4.68. The van der Waals surface area contributed by atoms with Crippen molar-refractivity contribution in [3.8, 4) is 0 Å². The van der Waals surface area contributed by atoms with Gasteiger partial charge in [-0.05, 0) is 40.9 Å². The number of nitrogens with zero attached hydrogens (tertiary/aromatic N) is 2. The topological polar surface area (TPSA) is 71.2 Å². The van der Waals surface area contributed by atoms with E-state index in [1.165, 1.54) is 0 Å². The molecule has 1 aromatic heterocycles. The molecule has 0 atom stereocenters. The summed E-state index contributed by atoms with van der Waals surface area (Å²) in [5.41, 5.74) is 5.82. The zero-order chi connectivity index (χ0) is 13.0. The Bertz CT molecular complexity index is 401. The van der Waals surface area contributed by atoms with E-state index in [0.717, 1.165) is 30.4 Å². The van der Waals surface area contributed by atoms with Crippen LogP contribution in [0, 0.1) is 0 Å². The number of pyridine rings is 1. The van der Waals surface area contributed by atoms with Crippen LogP contribution in [0.4, 0.5) is 5.82 Å². The predicted molar refractivity (Wildman–Crippen MR) is 74.2 cm³/mol. The van der Waals surface area contributed by atoms with E-state index < -0.39 is 0 Å². The number of hydrogen-bond acceptors (Lipinski definition) is 4. The highest BCUT2D eigenvalue weighted by Crippen LogP contribution is 2.11. The number of halogens is 1. The van der Waals surface area contributed by atoms with Gasteiger partial charge in [0, 0.05) is 29.8 Å². The molecule has 0 spiro atoms. The molecule has 1 aliphatic rings. The average Bonchev–Trinajstić information content (AvgIpc) is 2.35. The number of anilines is 1. The summed E-state index contributed by atoms with van der Waals surface area (Å²) in [6, 6.07) is 3.91. The third kappa shape index (κ3) is 4.04. The largest absolute Gasteiger partial charge is 0.328 e. The number of hydrogen-bond donors (Lipinski definition) is 2. The van der Waals surface area contributed by atoms with Gasteiger partial charge in [0.15, 0.2) is 0 Å². The second-order valence-electron chi connectivity index (χ2n) is 4.52. The number of carbonyl (C=O) groups excluding carboxylic acids is 1. The molecule has 0 bridgehead atoms. The number of piperidine rings is 1. The third-order valence-electron chi connectivity index (χ3n) is 2.99. The minimum atomic E-state index is -0.0275. The minimum Gasteiger partial charge on any atom is -0.328 e. The van der Waals surface area contributed by atoms with E-state index in [4.69, 9.17) is 5.73 Å². The summed E-state index contributed by atoms with van der Waals surface area (Å²) in [5.74, 6) is 0.553. The molecule has 2 heterocycles. The molecule has 0 radical (unpaired) electrons. The second kappa shape index (κ2) is 6.26. The molecule has 1 fully saturated rings. The van der Waals surface area contributed by atoms with Crippen molar-refractivity contribution in [1.82, 2.24) is 9.88 Å². The maximum Gasteiger partial charge on any atom is 0.239 e. The summed E-state index contributed by atoms with van der Waals surface area (Å²) in [6.07, 6.45) is 3.59. The standard InChI is InChI=1S/C12H17BrN4O/c13-9-1-2-11(15-7-9)16-12(18)8-17-5-3-10(14)4-6-17/h1-2,7,10H,3-6,8,14H2,(H,15,16,18). The van der Waals surface area contributed by atoms with Gasteiger partial charge >= 0.3 is 0 Å². The molecule has 1 aliphatic heterocycles. The molecule has 0 aliphatic carbocycles. The number of aromatic nitrogens is 1. The van der Waals surface area contributed by atoms with Crippen LogP contribution in [0.3, 0.4) is 0 Å². The van der Waals surface area contributed by atoms with Crippen LogP contribution in [0.1, 0.15) is 12.8 Å². The molecule has 18 heavy (non-hydrogen) atoms. The zero-order valence-corrected chi connectivity index (χ0v) is 11.7. The number of carbonyl (C=O) groups is 1. The highest BCUT2D eigenvalue weighted by Gasteiger charge is 2.18. The van der Waals surface area contributed by atoms with Crippen LogP contribution in [0.2, 0.25) is 0 Å². The highest BCUT2D eigenvalue weighted by molar-refractivity contribution is 9.10. The lowest BCUT2D eigenvalue weighted by molar-refractivity contribution is -0.117. The number of nitrogens with one attached hydrogen (secondary N) is 1. The monoisotopic (exact) mass is 312 g/mol. The van der Waals surface area contributed by atoms with Crippen molar-refractivity contribution in [1.29, 1.82) is 0 Å². The van der Waals surface area contributed by atoms with E-state index in [1.54, 1.807) is 12.3 Å². The Morgan fingerprint density at radius 3 is 2.83 bits per heavy atom. The summed E-state index contributed by atoms with van der Waals surface area (Å²) in [7, 11) is 0. The first-order chi connectivity index (χ1) is 8.63. The van der Waals surface area contributed by atoms with Crippen LogP contribution in [0.15, 0.2) is 22.8 Å². The Morgan fingerprint density at radius 2 is 2.22 bits per heavy atom. The molecule has 0 saturated carbocycles. The van der Waals surface area contributed by atoms with Crippen molar-refractivity contribution in [2.24, 2.45) is 5.73 Å². The summed E-state index contributed by atoms with van der Waals surface area (Å²) < 4.78 is 0.894. The smallest absolute Gasteiger partial charge is 0.239 e. The molecule has 1 amide bonds. The van der Waals surface area contributed by atoms with Crippen molar-refractivity contribution in [2.45, 2.75) is 18.9 Å². The van der Waals surface area contributed by atoms with Crippen LogP contribution in [-0.2, 0) is 4.79 Å². The number of likely N-dealkylation sites (tertiary alicyclic amines) is 1. The minimum absolute atomic E-state index is 0.0275. The van der Waals surface area contributed by atoms with E-state index in [-0.39, 0.29) is 11.9 Å². The van der Waals surface area contributed by atoms with Crippen molar-refractivity contribution in [3.05, 3.63) is 22.8 Å². The Hall–Kier alpha value is -0.980. The molecule has 0 aromatic carbocycles. The summed E-state index contributed by atoms with van der Waals surface area (Å²) in [4.78, 5) is 18.0. The SMILES string of the molecule is NC1CCN(CC(=O)Nc2ccc(Br)cn2)CC1. The molecule has 98 valence electrons. The van der Waals surface area contributed by atoms with Crippen molar-refractivity contribution >= 4 is 27.7 Å². The highest BCUT2D eigenvalue weighted by atomic mass is 79.9. The molecule has 1 aromatic rings. The first kappa shape index (κ1) is 13.5. The average molecular weight is 313 g/mol. The van der Waals surface area contributed by atoms with E-state index in [1.807, 2.05) is 6.07 Å². The van der Waals surface area contributed by atoms with Crippen LogP contribution < -0.4 is 11.1 Å². The molecule has 3 N–H and O–H groups in total. The molecule has 6 heteroatoms.